The summed E-state index contributed by atoms with van der Waals surface area (Å²) in [5.74, 6) is 0.980. The average molecular weight is 294 g/mol. The van der Waals surface area contributed by atoms with Crippen molar-refractivity contribution in [1.82, 2.24) is 4.98 Å². The molecule has 0 spiro atoms. The van der Waals surface area contributed by atoms with Crippen LogP contribution in [0.15, 0.2) is 10.9 Å². The molecule has 1 N–H and O–H groups in total. The van der Waals surface area contributed by atoms with Gasteiger partial charge in [-0.25, -0.2) is 0 Å². The van der Waals surface area contributed by atoms with Crippen LogP contribution in [-0.2, 0) is 12.8 Å². The molecule has 0 radical (unpaired) electrons. The number of aromatic amines is 1. The fourth-order valence-electron chi connectivity index (χ4n) is 2.91. The molecule has 0 bridgehead atoms. The lowest BCUT2D eigenvalue weighted by Gasteiger charge is -2.18. The van der Waals surface area contributed by atoms with Gasteiger partial charge in [0, 0.05) is 17.3 Å². The quantitative estimate of drug-likeness (QED) is 0.926. The number of fused-ring (bicyclic) bond motifs is 2. The highest BCUT2D eigenvalue weighted by atomic mass is 35.5. The summed E-state index contributed by atoms with van der Waals surface area (Å²) in [5, 5.41) is 0.871. The maximum atomic E-state index is 12.8. The van der Waals surface area contributed by atoms with E-state index in [1.807, 2.05) is 0 Å². The van der Waals surface area contributed by atoms with Gasteiger partial charge in [-0.1, -0.05) is 11.6 Å². The Morgan fingerprint density at radius 1 is 1.20 bits per heavy atom. The highest BCUT2D eigenvalue weighted by molar-refractivity contribution is 6.33. The van der Waals surface area contributed by atoms with Crippen molar-refractivity contribution in [3.05, 3.63) is 32.6 Å². The van der Waals surface area contributed by atoms with Crippen LogP contribution in [0.5, 0.6) is 11.5 Å². The van der Waals surface area contributed by atoms with Gasteiger partial charge in [-0.3, -0.25) is 4.79 Å². The molecule has 1 aliphatic rings. The Bertz CT molecular complexity index is 736. The van der Waals surface area contributed by atoms with Gasteiger partial charge in [0.05, 0.1) is 30.1 Å². The minimum absolute atomic E-state index is 0.00565. The fourth-order valence-corrected chi connectivity index (χ4v) is 3.18. The molecule has 0 unspecified atom stereocenters. The van der Waals surface area contributed by atoms with Crippen molar-refractivity contribution in [2.45, 2.75) is 25.7 Å². The largest absolute Gasteiger partial charge is 0.494 e. The Kier molecular flexibility index (Phi) is 3.34. The number of aromatic nitrogens is 1. The zero-order chi connectivity index (χ0) is 14.3. The van der Waals surface area contributed by atoms with Gasteiger partial charge in [0.1, 0.15) is 5.75 Å². The molecule has 1 aromatic heterocycles. The second kappa shape index (κ2) is 5.02. The minimum Gasteiger partial charge on any atom is -0.494 e. The van der Waals surface area contributed by atoms with Gasteiger partial charge in [-0.05, 0) is 25.7 Å². The Labute approximate surface area is 121 Å². The topological polar surface area (TPSA) is 51.3 Å². The molecule has 0 fully saturated rings. The standard InChI is InChI=1S/C15H16ClNO3/c1-19-11-7-9(16)15(20-2)12-13(11)17-10-6-4-3-5-8(10)14(12)18/h7H,3-6H2,1-2H3,(H,17,18). The monoisotopic (exact) mass is 293 g/mol. The number of aryl methyl sites for hydroxylation is 1. The number of H-pyrrole nitrogens is 1. The van der Waals surface area contributed by atoms with Gasteiger partial charge >= 0.3 is 0 Å². The van der Waals surface area contributed by atoms with Crippen molar-refractivity contribution in [2.75, 3.05) is 14.2 Å². The van der Waals surface area contributed by atoms with E-state index in [0.717, 1.165) is 36.9 Å². The lowest BCUT2D eigenvalue weighted by Crippen LogP contribution is -2.19. The number of hydrogen-bond donors (Lipinski definition) is 1. The Morgan fingerprint density at radius 2 is 1.95 bits per heavy atom. The molecular weight excluding hydrogens is 278 g/mol. The second-order valence-corrected chi connectivity index (χ2v) is 5.37. The third kappa shape index (κ3) is 1.86. The summed E-state index contributed by atoms with van der Waals surface area (Å²) < 4.78 is 10.7. The highest BCUT2D eigenvalue weighted by Crippen LogP contribution is 2.37. The molecule has 0 amide bonds. The van der Waals surface area contributed by atoms with Crippen molar-refractivity contribution in [2.24, 2.45) is 0 Å². The number of rotatable bonds is 2. The molecule has 0 saturated heterocycles. The van der Waals surface area contributed by atoms with Crippen molar-refractivity contribution >= 4 is 22.5 Å². The lowest BCUT2D eigenvalue weighted by molar-refractivity contribution is 0.409. The maximum Gasteiger partial charge on any atom is 0.196 e. The summed E-state index contributed by atoms with van der Waals surface area (Å²) in [4.78, 5) is 16.1. The highest BCUT2D eigenvalue weighted by Gasteiger charge is 2.21. The fraction of sp³-hybridized carbons (Fsp3) is 0.400. The summed E-state index contributed by atoms with van der Waals surface area (Å²) in [5.41, 5.74) is 2.54. The predicted molar refractivity (Wildman–Crippen MR) is 79.3 cm³/mol. The molecule has 2 aromatic rings. The molecule has 0 saturated carbocycles. The summed E-state index contributed by atoms with van der Waals surface area (Å²) in [6.07, 6.45) is 3.84. The minimum atomic E-state index is 0.00565. The van der Waals surface area contributed by atoms with Crippen LogP contribution in [0.4, 0.5) is 0 Å². The third-order valence-electron chi connectivity index (χ3n) is 3.87. The first-order valence-electron chi connectivity index (χ1n) is 6.65. The van der Waals surface area contributed by atoms with Crippen LogP contribution < -0.4 is 14.9 Å². The molecule has 20 heavy (non-hydrogen) atoms. The van der Waals surface area contributed by atoms with Gasteiger partial charge < -0.3 is 14.5 Å². The zero-order valence-corrected chi connectivity index (χ0v) is 12.3. The van der Waals surface area contributed by atoms with Crippen LogP contribution >= 0.6 is 11.6 Å². The van der Waals surface area contributed by atoms with Gasteiger partial charge in [0.15, 0.2) is 11.2 Å². The first-order valence-corrected chi connectivity index (χ1v) is 7.03. The van der Waals surface area contributed by atoms with E-state index in [-0.39, 0.29) is 5.43 Å². The van der Waals surface area contributed by atoms with Crippen LogP contribution in [-0.4, -0.2) is 19.2 Å². The van der Waals surface area contributed by atoms with E-state index in [1.165, 1.54) is 7.11 Å². The zero-order valence-electron chi connectivity index (χ0n) is 11.5. The van der Waals surface area contributed by atoms with Crippen molar-refractivity contribution < 1.29 is 9.47 Å². The molecule has 3 rings (SSSR count). The number of nitrogens with one attached hydrogen (secondary N) is 1. The van der Waals surface area contributed by atoms with E-state index in [0.29, 0.717) is 27.4 Å². The number of ether oxygens (including phenoxy) is 2. The lowest BCUT2D eigenvalue weighted by atomic mass is 9.94. The molecule has 1 aromatic carbocycles. The summed E-state index contributed by atoms with van der Waals surface area (Å²) in [6.45, 7) is 0. The molecule has 5 heteroatoms. The van der Waals surface area contributed by atoms with Crippen LogP contribution in [0.1, 0.15) is 24.1 Å². The van der Waals surface area contributed by atoms with Crippen LogP contribution in [0.25, 0.3) is 10.9 Å². The van der Waals surface area contributed by atoms with Crippen LogP contribution in [0.2, 0.25) is 5.02 Å². The van der Waals surface area contributed by atoms with Gasteiger partial charge in [0.2, 0.25) is 0 Å². The first kappa shape index (κ1) is 13.3. The number of halogens is 1. The predicted octanol–water partition coefficient (Wildman–Crippen LogP) is 3.08. The molecule has 1 heterocycles. The number of pyridine rings is 1. The summed E-state index contributed by atoms with van der Waals surface area (Å²) in [7, 11) is 3.08. The van der Waals surface area contributed by atoms with E-state index < -0.39 is 0 Å². The Hall–Kier alpha value is -1.68. The Morgan fingerprint density at radius 3 is 2.65 bits per heavy atom. The molecule has 1 aliphatic carbocycles. The SMILES string of the molecule is COc1cc(Cl)c(OC)c2c(=O)c3c([nH]c12)CCCC3. The third-order valence-corrected chi connectivity index (χ3v) is 4.15. The summed E-state index contributed by atoms with van der Waals surface area (Å²) in [6, 6.07) is 1.67. The number of methoxy groups -OCH3 is 2. The van der Waals surface area contributed by atoms with Gasteiger partial charge in [0.25, 0.3) is 0 Å². The smallest absolute Gasteiger partial charge is 0.196 e. The average Bonchev–Trinajstić information content (AvgIpc) is 2.47. The normalized spacial score (nSPS) is 14.2. The van der Waals surface area contributed by atoms with Crippen molar-refractivity contribution in [3.8, 4) is 11.5 Å². The number of benzene rings is 1. The molecular formula is C15H16ClNO3. The van der Waals surface area contributed by atoms with Gasteiger partial charge in [-0.15, -0.1) is 0 Å². The van der Waals surface area contributed by atoms with E-state index in [2.05, 4.69) is 4.98 Å². The second-order valence-electron chi connectivity index (χ2n) is 4.96. The van der Waals surface area contributed by atoms with E-state index in [4.69, 9.17) is 21.1 Å². The molecule has 0 aliphatic heterocycles. The first-order chi connectivity index (χ1) is 9.67. The van der Waals surface area contributed by atoms with E-state index >= 15 is 0 Å². The number of hydrogen-bond acceptors (Lipinski definition) is 3. The van der Waals surface area contributed by atoms with E-state index in [9.17, 15) is 4.79 Å². The maximum absolute atomic E-state index is 12.8. The van der Waals surface area contributed by atoms with E-state index in [1.54, 1.807) is 13.2 Å². The van der Waals surface area contributed by atoms with Crippen LogP contribution in [0.3, 0.4) is 0 Å². The van der Waals surface area contributed by atoms with Crippen LogP contribution in [0, 0.1) is 0 Å². The molecule has 106 valence electrons. The van der Waals surface area contributed by atoms with Gasteiger partial charge in [-0.2, -0.15) is 0 Å². The van der Waals surface area contributed by atoms with Crippen molar-refractivity contribution in [3.63, 3.8) is 0 Å². The summed E-state index contributed by atoms with van der Waals surface area (Å²) >= 11 is 6.18. The van der Waals surface area contributed by atoms with Crippen molar-refractivity contribution in [1.29, 1.82) is 0 Å². The molecule has 4 nitrogen and oxygen atoms in total. The molecule has 0 atom stereocenters. The Balaban J connectivity index is 2.47.